The summed E-state index contributed by atoms with van der Waals surface area (Å²) in [5, 5.41) is 2.79. The van der Waals surface area contributed by atoms with Crippen molar-refractivity contribution in [2.45, 2.75) is 19.4 Å². The number of aromatic nitrogens is 2. The third-order valence-corrected chi connectivity index (χ3v) is 4.66. The number of imidazole rings is 1. The summed E-state index contributed by atoms with van der Waals surface area (Å²) in [7, 11) is 0. The van der Waals surface area contributed by atoms with Crippen molar-refractivity contribution in [2.24, 2.45) is 0 Å². The van der Waals surface area contributed by atoms with Gasteiger partial charge in [-0.05, 0) is 38.1 Å². The van der Waals surface area contributed by atoms with Gasteiger partial charge in [0.1, 0.15) is 11.2 Å². The van der Waals surface area contributed by atoms with Crippen molar-refractivity contribution >= 4 is 34.8 Å². The smallest absolute Gasteiger partial charge is 0.359 e. The molecular weight excluding hydrogens is 360 g/mol. The van der Waals surface area contributed by atoms with Crippen LogP contribution < -0.4 is 10.2 Å². The van der Waals surface area contributed by atoms with Gasteiger partial charge in [0, 0.05) is 12.4 Å². The maximum Gasteiger partial charge on any atom is 0.359 e. The van der Waals surface area contributed by atoms with Gasteiger partial charge < -0.3 is 14.5 Å². The summed E-state index contributed by atoms with van der Waals surface area (Å²) in [6.45, 7) is 2.78. The second-order valence-corrected chi connectivity index (χ2v) is 6.93. The number of nitrogens with one attached hydrogen (secondary N) is 1. The Kier molecular flexibility index (Phi) is 4.11. The molecule has 8 heteroatoms. The number of amides is 2. The maximum atomic E-state index is 12.9. The number of hydrogen-bond acceptors (Lipinski definition) is 5. The highest BCUT2D eigenvalue weighted by atomic mass is 16.5. The molecule has 0 saturated carbocycles. The number of esters is 1. The number of hydrogen-bond donors (Lipinski definition) is 1. The van der Waals surface area contributed by atoms with Crippen LogP contribution in [0.25, 0.3) is 5.65 Å². The minimum atomic E-state index is -1.12. The van der Waals surface area contributed by atoms with E-state index in [9.17, 15) is 14.4 Å². The maximum absolute atomic E-state index is 12.9. The molecular formula is C20H18N4O4. The number of benzene rings is 1. The first-order chi connectivity index (χ1) is 13.4. The Balaban J connectivity index is 1.54. The van der Waals surface area contributed by atoms with Crippen molar-refractivity contribution < 1.29 is 19.1 Å². The quantitative estimate of drug-likeness (QED) is 0.706. The molecule has 28 heavy (non-hydrogen) atoms. The highest BCUT2D eigenvalue weighted by Crippen LogP contribution is 2.36. The van der Waals surface area contributed by atoms with Crippen LogP contribution in [-0.2, 0) is 14.3 Å². The lowest BCUT2D eigenvalue weighted by Gasteiger charge is -2.41. The monoisotopic (exact) mass is 378 g/mol. The van der Waals surface area contributed by atoms with Crippen LogP contribution in [0.15, 0.2) is 54.9 Å². The number of carbonyl (C=O) groups excluding carboxylic acids is 3. The van der Waals surface area contributed by atoms with E-state index in [1.807, 2.05) is 12.1 Å². The summed E-state index contributed by atoms with van der Waals surface area (Å²) in [5.41, 5.74) is 0.673. The summed E-state index contributed by atoms with van der Waals surface area (Å²) in [6, 6.07) is 12.4. The Morgan fingerprint density at radius 3 is 2.68 bits per heavy atom. The molecule has 0 radical (unpaired) electrons. The highest BCUT2D eigenvalue weighted by Gasteiger charge is 2.43. The first-order valence-corrected chi connectivity index (χ1v) is 8.72. The Bertz CT molecular complexity index is 1070. The van der Waals surface area contributed by atoms with Gasteiger partial charge in [-0.2, -0.15) is 0 Å². The predicted octanol–water partition coefficient (Wildman–Crippen LogP) is 2.25. The second-order valence-electron chi connectivity index (χ2n) is 6.93. The molecule has 2 aromatic heterocycles. The van der Waals surface area contributed by atoms with Crippen molar-refractivity contribution in [3.63, 3.8) is 0 Å². The number of anilines is 2. The number of carbonyl (C=O) groups is 3. The number of para-hydroxylation sites is 2. The van der Waals surface area contributed by atoms with Crippen LogP contribution in [0.1, 0.15) is 24.3 Å². The normalized spacial score (nSPS) is 15.1. The predicted molar refractivity (Wildman–Crippen MR) is 102 cm³/mol. The van der Waals surface area contributed by atoms with Crippen LogP contribution in [-0.4, -0.2) is 39.3 Å². The summed E-state index contributed by atoms with van der Waals surface area (Å²) >= 11 is 0. The summed E-state index contributed by atoms with van der Waals surface area (Å²) in [4.78, 5) is 43.2. The molecule has 0 bridgehead atoms. The molecule has 0 fully saturated rings. The molecule has 2 amide bonds. The molecule has 1 aliphatic rings. The van der Waals surface area contributed by atoms with Gasteiger partial charge in [-0.1, -0.05) is 18.2 Å². The molecule has 0 aliphatic carbocycles. The lowest BCUT2D eigenvalue weighted by molar-refractivity contribution is -0.128. The topological polar surface area (TPSA) is 93.0 Å². The average Bonchev–Trinajstić information content (AvgIpc) is 3.11. The van der Waals surface area contributed by atoms with E-state index in [2.05, 4.69) is 10.3 Å². The third-order valence-electron chi connectivity index (χ3n) is 4.66. The Labute approximate surface area is 160 Å². The molecule has 0 atom stereocenters. The molecule has 1 N–H and O–H groups in total. The van der Waals surface area contributed by atoms with Gasteiger partial charge in [0.15, 0.2) is 12.3 Å². The average molecular weight is 378 g/mol. The fourth-order valence-electron chi connectivity index (χ4n) is 3.20. The molecule has 8 nitrogen and oxygen atoms in total. The van der Waals surface area contributed by atoms with Crippen LogP contribution >= 0.6 is 0 Å². The van der Waals surface area contributed by atoms with E-state index in [0.29, 0.717) is 17.0 Å². The Hall–Kier alpha value is -3.68. The zero-order chi connectivity index (χ0) is 19.9. The zero-order valence-electron chi connectivity index (χ0n) is 15.4. The van der Waals surface area contributed by atoms with Crippen LogP contribution in [0.4, 0.5) is 11.4 Å². The molecule has 0 spiro atoms. The van der Waals surface area contributed by atoms with Crippen molar-refractivity contribution in [2.75, 3.05) is 16.8 Å². The molecule has 3 aromatic rings. The zero-order valence-corrected chi connectivity index (χ0v) is 15.4. The first kappa shape index (κ1) is 17.7. The van der Waals surface area contributed by atoms with Gasteiger partial charge >= 0.3 is 5.97 Å². The molecule has 1 aliphatic heterocycles. The molecule has 3 heterocycles. The number of ether oxygens (including phenoxy) is 1. The van der Waals surface area contributed by atoms with Gasteiger partial charge in [0.2, 0.25) is 5.91 Å². The van der Waals surface area contributed by atoms with E-state index in [1.165, 1.54) is 11.1 Å². The van der Waals surface area contributed by atoms with Crippen molar-refractivity contribution in [3.8, 4) is 0 Å². The van der Waals surface area contributed by atoms with Crippen LogP contribution in [0, 0.1) is 0 Å². The Morgan fingerprint density at radius 2 is 1.89 bits per heavy atom. The SMILES string of the molecule is CC1(C)C(=O)Nc2ccccc2N1C(=O)COC(=O)c1cn2ccccc2n1. The van der Waals surface area contributed by atoms with Crippen molar-refractivity contribution in [1.82, 2.24) is 9.38 Å². The lowest BCUT2D eigenvalue weighted by Crippen LogP contribution is -2.59. The minimum absolute atomic E-state index is 0.107. The largest absolute Gasteiger partial charge is 0.451 e. The summed E-state index contributed by atoms with van der Waals surface area (Å²) in [6.07, 6.45) is 3.30. The lowest BCUT2D eigenvalue weighted by atomic mass is 9.96. The van der Waals surface area contributed by atoms with E-state index in [-0.39, 0.29) is 11.6 Å². The third kappa shape index (κ3) is 2.88. The number of fused-ring (bicyclic) bond motifs is 2. The van der Waals surface area contributed by atoms with Crippen molar-refractivity contribution in [3.05, 3.63) is 60.6 Å². The molecule has 1 aromatic carbocycles. The molecule has 142 valence electrons. The summed E-state index contributed by atoms with van der Waals surface area (Å²) < 4.78 is 6.87. The second kappa shape index (κ2) is 6.49. The molecule has 0 unspecified atom stereocenters. The standard InChI is InChI=1S/C20H18N4O4/c1-20(2)19(27)22-13-7-3-4-8-15(13)24(20)17(25)12-28-18(26)14-11-23-10-6-5-9-16(23)21-14/h3-11H,12H2,1-2H3,(H,22,27). The summed E-state index contributed by atoms with van der Waals surface area (Å²) in [5.74, 6) is -1.51. The van der Waals surface area contributed by atoms with Gasteiger partial charge in [-0.25, -0.2) is 9.78 Å². The van der Waals surface area contributed by atoms with Gasteiger partial charge in [0.25, 0.3) is 5.91 Å². The van der Waals surface area contributed by atoms with E-state index in [0.717, 1.165) is 0 Å². The number of rotatable bonds is 3. The van der Waals surface area contributed by atoms with Crippen LogP contribution in [0.5, 0.6) is 0 Å². The van der Waals surface area contributed by atoms with Crippen LogP contribution in [0.2, 0.25) is 0 Å². The van der Waals surface area contributed by atoms with Gasteiger partial charge in [-0.3, -0.25) is 14.5 Å². The fourth-order valence-corrected chi connectivity index (χ4v) is 3.20. The van der Waals surface area contributed by atoms with Gasteiger partial charge in [0.05, 0.1) is 11.4 Å². The minimum Gasteiger partial charge on any atom is -0.451 e. The first-order valence-electron chi connectivity index (χ1n) is 8.72. The van der Waals surface area contributed by atoms with E-state index in [1.54, 1.807) is 54.8 Å². The Morgan fingerprint density at radius 1 is 1.14 bits per heavy atom. The van der Waals surface area contributed by atoms with E-state index >= 15 is 0 Å². The molecule has 4 rings (SSSR count). The van der Waals surface area contributed by atoms with Gasteiger partial charge in [-0.15, -0.1) is 0 Å². The fraction of sp³-hybridized carbons (Fsp3) is 0.200. The number of nitrogens with zero attached hydrogens (tertiary/aromatic N) is 3. The van der Waals surface area contributed by atoms with E-state index < -0.39 is 24.0 Å². The van der Waals surface area contributed by atoms with E-state index in [4.69, 9.17) is 4.74 Å². The van der Waals surface area contributed by atoms with Crippen LogP contribution in [0.3, 0.4) is 0 Å². The molecule has 0 saturated heterocycles. The highest BCUT2D eigenvalue weighted by molar-refractivity contribution is 6.14. The number of pyridine rings is 1. The van der Waals surface area contributed by atoms with Crippen molar-refractivity contribution in [1.29, 1.82) is 0 Å².